The van der Waals surface area contributed by atoms with Crippen LogP contribution < -0.4 is 5.32 Å². The van der Waals surface area contributed by atoms with Crippen molar-refractivity contribution in [1.82, 2.24) is 9.97 Å². The van der Waals surface area contributed by atoms with E-state index in [1.54, 1.807) is 35.7 Å². The number of rotatable bonds is 3. The van der Waals surface area contributed by atoms with E-state index >= 15 is 0 Å². The van der Waals surface area contributed by atoms with E-state index in [0.29, 0.717) is 5.69 Å². The van der Waals surface area contributed by atoms with Crippen molar-refractivity contribution in [2.24, 2.45) is 0 Å². The minimum Gasteiger partial charge on any atom is -0.320 e. The van der Waals surface area contributed by atoms with Crippen LogP contribution in [0.5, 0.6) is 0 Å². The summed E-state index contributed by atoms with van der Waals surface area (Å²) in [6.45, 7) is 0. The van der Waals surface area contributed by atoms with Crippen molar-refractivity contribution in [3.8, 4) is 10.6 Å². The number of nitrogens with zero attached hydrogens (tertiary/aromatic N) is 2. The zero-order valence-corrected chi connectivity index (χ0v) is 13.5. The molecule has 1 amide bonds. The second-order valence-electron chi connectivity index (χ2n) is 5.20. The van der Waals surface area contributed by atoms with Crippen molar-refractivity contribution in [2.75, 3.05) is 5.32 Å². The van der Waals surface area contributed by atoms with Gasteiger partial charge in [-0.15, -0.1) is 11.3 Å². The Labute approximate surface area is 142 Å². The zero-order valence-electron chi connectivity index (χ0n) is 12.6. The molecule has 0 saturated carbocycles. The van der Waals surface area contributed by atoms with Crippen molar-refractivity contribution in [3.63, 3.8) is 0 Å². The van der Waals surface area contributed by atoms with Gasteiger partial charge in [-0.05, 0) is 36.4 Å². The monoisotopic (exact) mass is 331 g/mol. The van der Waals surface area contributed by atoms with Gasteiger partial charge in [-0.25, -0.2) is 4.98 Å². The number of aromatic nitrogens is 2. The Bertz CT molecular complexity index is 978. The molecule has 0 aliphatic carbocycles. The largest absolute Gasteiger partial charge is 0.320 e. The standard InChI is InChI=1S/C19H13N3OS/c23-18(16-10-5-6-12-20-16)21-14-8-2-1-7-13(14)19-22-15-9-3-4-11-17(15)24-19/h1-12H,(H,21,23). The molecule has 0 aliphatic rings. The van der Waals surface area contributed by atoms with E-state index in [1.807, 2.05) is 48.5 Å². The second-order valence-corrected chi connectivity index (χ2v) is 6.23. The summed E-state index contributed by atoms with van der Waals surface area (Å²) in [6, 6.07) is 21.0. The summed E-state index contributed by atoms with van der Waals surface area (Å²) in [5, 5.41) is 3.82. The molecular weight excluding hydrogens is 318 g/mol. The molecule has 2 aromatic heterocycles. The number of fused-ring (bicyclic) bond motifs is 1. The van der Waals surface area contributed by atoms with Gasteiger partial charge in [0, 0.05) is 11.8 Å². The fourth-order valence-electron chi connectivity index (χ4n) is 2.45. The Kier molecular flexibility index (Phi) is 3.76. The molecular formula is C19H13N3OS. The zero-order chi connectivity index (χ0) is 16.4. The van der Waals surface area contributed by atoms with Crippen molar-refractivity contribution >= 4 is 33.1 Å². The summed E-state index contributed by atoms with van der Waals surface area (Å²) in [7, 11) is 0. The summed E-state index contributed by atoms with van der Waals surface area (Å²) >= 11 is 1.61. The first-order valence-electron chi connectivity index (χ1n) is 7.48. The summed E-state index contributed by atoms with van der Waals surface area (Å²) in [6.07, 6.45) is 1.61. The molecule has 4 nitrogen and oxygen atoms in total. The molecule has 1 N–H and O–H groups in total. The number of anilines is 1. The first-order chi connectivity index (χ1) is 11.8. The Morgan fingerprint density at radius 1 is 0.917 bits per heavy atom. The number of benzene rings is 2. The fraction of sp³-hybridized carbons (Fsp3) is 0. The SMILES string of the molecule is O=C(Nc1ccccc1-c1nc2ccccc2s1)c1ccccn1. The number of pyridine rings is 1. The topological polar surface area (TPSA) is 54.9 Å². The number of thiazole rings is 1. The molecule has 0 atom stereocenters. The molecule has 4 rings (SSSR count). The Balaban J connectivity index is 1.71. The van der Waals surface area contributed by atoms with Gasteiger partial charge in [0.15, 0.2) is 0 Å². The van der Waals surface area contributed by atoms with Crippen LogP contribution >= 0.6 is 11.3 Å². The van der Waals surface area contributed by atoms with E-state index in [-0.39, 0.29) is 5.91 Å². The van der Waals surface area contributed by atoms with Gasteiger partial charge in [-0.1, -0.05) is 30.3 Å². The van der Waals surface area contributed by atoms with Gasteiger partial charge in [0.05, 0.1) is 15.9 Å². The first-order valence-corrected chi connectivity index (χ1v) is 8.30. The Hall–Kier alpha value is -3.05. The molecule has 0 radical (unpaired) electrons. The molecule has 0 aliphatic heterocycles. The van der Waals surface area contributed by atoms with Crippen LogP contribution in [0.15, 0.2) is 72.9 Å². The molecule has 0 fully saturated rings. The lowest BCUT2D eigenvalue weighted by Crippen LogP contribution is -2.13. The third kappa shape index (κ3) is 2.77. The molecule has 5 heteroatoms. The number of carbonyl (C=O) groups excluding carboxylic acids is 1. The molecule has 0 bridgehead atoms. The smallest absolute Gasteiger partial charge is 0.274 e. The average Bonchev–Trinajstić information content (AvgIpc) is 3.07. The summed E-state index contributed by atoms with van der Waals surface area (Å²) in [4.78, 5) is 21.1. The summed E-state index contributed by atoms with van der Waals surface area (Å²) in [5.41, 5.74) is 2.98. The van der Waals surface area contributed by atoms with Crippen molar-refractivity contribution in [1.29, 1.82) is 0 Å². The van der Waals surface area contributed by atoms with Crippen LogP contribution in [0, 0.1) is 0 Å². The average molecular weight is 331 g/mol. The summed E-state index contributed by atoms with van der Waals surface area (Å²) < 4.78 is 1.12. The second kappa shape index (κ2) is 6.22. The van der Waals surface area contributed by atoms with E-state index in [2.05, 4.69) is 15.3 Å². The maximum Gasteiger partial charge on any atom is 0.274 e. The van der Waals surface area contributed by atoms with E-state index in [0.717, 1.165) is 26.5 Å². The number of amides is 1. The number of hydrogen-bond acceptors (Lipinski definition) is 4. The Morgan fingerprint density at radius 2 is 1.71 bits per heavy atom. The number of nitrogens with one attached hydrogen (secondary N) is 1. The number of hydrogen-bond donors (Lipinski definition) is 1. The lowest BCUT2D eigenvalue weighted by molar-refractivity contribution is 0.102. The fourth-order valence-corrected chi connectivity index (χ4v) is 3.45. The minimum atomic E-state index is -0.232. The number of para-hydroxylation sites is 2. The normalized spacial score (nSPS) is 10.7. The lowest BCUT2D eigenvalue weighted by Gasteiger charge is -2.08. The van der Waals surface area contributed by atoms with Gasteiger partial charge in [-0.3, -0.25) is 9.78 Å². The third-order valence-corrected chi connectivity index (χ3v) is 4.67. The van der Waals surface area contributed by atoms with E-state index in [4.69, 9.17) is 0 Å². The molecule has 4 aromatic rings. The molecule has 116 valence electrons. The predicted octanol–water partition coefficient (Wildman–Crippen LogP) is 4.61. The predicted molar refractivity (Wildman–Crippen MR) is 97.2 cm³/mol. The molecule has 24 heavy (non-hydrogen) atoms. The van der Waals surface area contributed by atoms with Gasteiger partial charge in [0.2, 0.25) is 0 Å². The van der Waals surface area contributed by atoms with Crippen LogP contribution in [-0.2, 0) is 0 Å². The summed E-state index contributed by atoms with van der Waals surface area (Å²) in [5.74, 6) is -0.232. The van der Waals surface area contributed by atoms with Gasteiger partial charge < -0.3 is 5.32 Å². The highest BCUT2D eigenvalue weighted by atomic mass is 32.1. The molecule has 2 heterocycles. The third-order valence-electron chi connectivity index (χ3n) is 3.60. The molecule has 0 saturated heterocycles. The van der Waals surface area contributed by atoms with Crippen LogP contribution in [0.1, 0.15) is 10.5 Å². The lowest BCUT2D eigenvalue weighted by atomic mass is 10.2. The van der Waals surface area contributed by atoms with Crippen LogP contribution in [0.25, 0.3) is 20.8 Å². The van der Waals surface area contributed by atoms with Gasteiger partial charge >= 0.3 is 0 Å². The maximum atomic E-state index is 12.4. The number of carbonyl (C=O) groups is 1. The molecule has 0 unspecified atom stereocenters. The first kappa shape index (κ1) is 14.5. The van der Waals surface area contributed by atoms with Crippen LogP contribution in [0.2, 0.25) is 0 Å². The van der Waals surface area contributed by atoms with Crippen LogP contribution in [0.4, 0.5) is 5.69 Å². The molecule has 2 aromatic carbocycles. The van der Waals surface area contributed by atoms with Crippen molar-refractivity contribution in [2.45, 2.75) is 0 Å². The molecule has 0 spiro atoms. The maximum absolute atomic E-state index is 12.4. The van der Waals surface area contributed by atoms with E-state index < -0.39 is 0 Å². The van der Waals surface area contributed by atoms with Crippen LogP contribution in [0.3, 0.4) is 0 Å². The van der Waals surface area contributed by atoms with Crippen molar-refractivity contribution < 1.29 is 4.79 Å². The Morgan fingerprint density at radius 3 is 2.54 bits per heavy atom. The quantitative estimate of drug-likeness (QED) is 0.596. The highest BCUT2D eigenvalue weighted by molar-refractivity contribution is 7.21. The van der Waals surface area contributed by atoms with Gasteiger partial charge in [0.25, 0.3) is 5.91 Å². The van der Waals surface area contributed by atoms with E-state index in [9.17, 15) is 4.79 Å². The van der Waals surface area contributed by atoms with E-state index in [1.165, 1.54) is 0 Å². The highest BCUT2D eigenvalue weighted by Gasteiger charge is 2.13. The highest BCUT2D eigenvalue weighted by Crippen LogP contribution is 2.34. The van der Waals surface area contributed by atoms with Crippen LogP contribution in [-0.4, -0.2) is 15.9 Å². The van der Waals surface area contributed by atoms with Crippen molar-refractivity contribution in [3.05, 3.63) is 78.6 Å². The minimum absolute atomic E-state index is 0.232. The van der Waals surface area contributed by atoms with Gasteiger partial charge in [-0.2, -0.15) is 0 Å². The van der Waals surface area contributed by atoms with Gasteiger partial charge in [0.1, 0.15) is 10.7 Å².